The van der Waals surface area contributed by atoms with Crippen molar-refractivity contribution in [2.24, 2.45) is 0 Å². The summed E-state index contributed by atoms with van der Waals surface area (Å²) in [5, 5.41) is 0. The van der Waals surface area contributed by atoms with Crippen molar-refractivity contribution in [1.29, 1.82) is 0 Å². The fourth-order valence-corrected chi connectivity index (χ4v) is 7.50. The second kappa shape index (κ2) is 11.0. The number of rotatable bonds is 4. The van der Waals surface area contributed by atoms with Crippen LogP contribution >= 0.6 is 80.7 Å². The van der Waals surface area contributed by atoms with E-state index in [4.69, 9.17) is 48.9 Å². The molecule has 0 spiro atoms. The number of halogens is 2. The van der Waals surface area contributed by atoms with Gasteiger partial charge in [0.15, 0.2) is 9.54 Å². The summed E-state index contributed by atoms with van der Waals surface area (Å²) in [6.45, 7) is 0. The third-order valence-corrected chi connectivity index (χ3v) is 9.36. The van der Waals surface area contributed by atoms with Gasteiger partial charge < -0.3 is 19.9 Å². The van der Waals surface area contributed by atoms with Gasteiger partial charge in [-0.1, -0.05) is 92.5 Å². The molecular weight excluding hydrogens is 744 g/mol. The second-order valence-electron chi connectivity index (χ2n) is 9.97. The van der Waals surface area contributed by atoms with Crippen LogP contribution in [0.2, 0.25) is 0 Å². The third kappa shape index (κ3) is 4.95. The lowest BCUT2D eigenvalue weighted by molar-refractivity contribution is 0.767. The highest BCUT2D eigenvalue weighted by atomic mass is 79.9. The van der Waals surface area contributed by atoms with Crippen LogP contribution < -0.4 is 0 Å². The third-order valence-electron chi connectivity index (χ3n) is 7.58. The summed E-state index contributed by atoms with van der Waals surface area (Å²) >= 11 is 28.7. The van der Waals surface area contributed by atoms with E-state index in [1.165, 1.54) is 22.3 Å². The molecule has 43 heavy (non-hydrogen) atoms. The molecule has 0 unspecified atom stereocenters. The molecule has 1 aliphatic carbocycles. The highest BCUT2D eigenvalue weighted by molar-refractivity contribution is 9.10. The maximum atomic E-state index is 5.31. The van der Waals surface area contributed by atoms with Gasteiger partial charge in [0.2, 0.25) is 9.54 Å². The summed E-state index contributed by atoms with van der Waals surface area (Å²) in [6.07, 6.45) is 0. The molecule has 0 aliphatic heterocycles. The first kappa shape index (κ1) is 28.5. The minimum Gasteiger partial charge on any atom is -0.317 e. The van der Waals surface area contributed by atoms with Gasteiger partial charge in [0.05, 0.1) is 5.41 Å². The van der Waals surface area contributed by atoms with Gasteiger partial charge in [-0.15, -0.1) is 0 Å². The van der Waals surface area contributed by atoms with Crippen LogP contribution in [0.15, 0.2) is 93.9 Å². The summed E-state index contributed by atoms with van der Waals surface area (Å²) in [7, 11) is 0. The van der Waals surface area contributed by atoms with Crippen LogP contribution in [0.1, 0.15) is 22.3 Å². The van der Waals surface area contributed by atoms with Crippen molar-refractivity contribution in [3.63, 3.8) is 0 Å². The molecule has 12 heteroatoms. The van der Waals surface area contributed by atoms with Crippen LogP contribution in [-0.4, -0.2) is 29.9 Å². The molecule has 2 aromatic heterocycles. The van der Waals surface area contributed by atoms with Crippen molar-refractivity contribution in [3.8, 4) is 33.9 Å². The number of nitrogens with zero attached hydrogens (tertiary/aromatic N) is 2. The van der Waals surface area contributed by atoms with Gasteiger partial charge in [-0.2, -0.15) is 0 Å². The number of aromatic amines is 4. The SMILES string of the molecule is S=c1nc(-c2ccc(C3(c4ccc(-c5nc(=S)[nH]c(=S)[nH]5)cc4)c4cc(Br)ccc4-c4ccc(Br)cc43)cc2)[nH]c(=S)[nH]1. The minimum atomic E-state index is -0.628. The molecule has 0 radical (unpaired) electrons. The Balaban J connectivity index is 1.49. The summed E-state index contributed by atoms with van der Waals surface area (Å²) < 4.78 is 3.53. The zero-order valence-electron chi connectivity index (χ0n) is 21.9. The Morgan fingerprint density at radius 3 is 1.28 bits per heavy atom. The first-order valence-corrected chi connectivity index (χ1v) is 16.2. The Labute approximate surface area is 283 Å². The average molecular weight is 763 g/mol. The van der Waals surface area contributed by atoms with E-state index in [0.29, 0.717) is 30.7 Å². The molecule has 2 heterocycles. The molecule has 6 nitrogen and oxygen atoms in total. The molecule has 0 bridgehead atoms. The number of hydrogen-bond acceptors (Lipinski definition) is 6. The molecule has 210 valence electrons. The Bertz CT molecular complexity index is 2080. The summed E-state index contributed by atoms with van der Waals surface area (Å²) in [6, 6.07) is 29.8. The van der Waals surface area contributed by atoms with E-state index in [9.17, 15) is 0 Å². The maximum absolute atomic E-state index is 5.31. The average Bonchev–Trinajstić information content (AvgIpc) is 3.25. The van der Waals surface area contributed by atoms with Gasteiger partial charge in [0, 0.05) is 20.1 Å². The predicted molar refractivity (Wildman–Crippen MR) is 186 cm³/mol. The highest BCUT2D eigenvalue weighted by Crippen LogP contribution is 2.57. The number of nitrogens with one attached hydrogen (secondary N) is 4. The van der Waals surface area contributed by atoms with Crippen molar-refractivity contribution in [1.82, 2.24) is 29.9 Å². The Kier molecular flexibility index (Phi) is 7.31. The molecule has 1 aliphatic rings. The largest absolute Gasteiger partial charge is 0.317 e. The molecular formula is C31H18Br2N6S4. The number of hydrogen-bond donors (Lipinski definition) is 4. The Hall–Kier alpha value is -3.26. The van der Waals surface area contributed by atoms with E-state index in [-0.39, 0.29) is 0 Å². The standard InChI is InChI=1S/C31H18Br2N6S4/c32-19-9-11-21-22-12-10-20(33)14-24(22)31(23(21)13-19,17-5-1-15(2-6-17)25-34-27(40)38-28(41)35-25)18-7-3-16(4-8-18)26-36-29(42)39-30(43)37-26/h1-14H,(H2,34,35,38,40,41)(H2,36,37,39,42,43). The van der Waals surface area contributed by atoms with Crippen molar-refractivity contribution in [3.05, 3.63) is 135 Å². The van der Waals surface area contributed by atoms with Crippen LogP contribution in [-0.2, 0) is 5.41 Å². The van der Waals surface area contributed by atoms with Crippen molar-refractivity contribution in [2.45, 2.75) is 5.41 Å². The molecule has 0 amide bonds. The maximum Gasteiger partial charge on any atom is 0.200 e. The van der Waals surface area contributed by atoms with Crippen LogP contribution in [0.25, 0.3) is 33.9 Å². The van der Waals surface area contributed by atoms with Crippen LogP contribution in [0.4, 0.5) is 0 Å². The zero-order chi connectivity index (χ0) is 29.9. The van der Waals surface area contributed by atoms with E-state index in [1.807, 2.05) is 0 Å². The number of H-pyrrole nitrogens is 4. The van der Waals surface area contributed by atoms with E-state index < -0.39 is 5.41 Å². The topological polar surface area (TPSA) is 88.9 Å². The van der Waals surface area contributed by atoms with E-state index >= 15 is 0 Å². The van der Waals surface area contributed by atoms with Crippen molar-refractivity contribution < 1.29 is 0 Å². The molecule has 0 atom stereocenters. The fourth-order valence-electron chi connectivity index (χ4n) is 5.87. The zero-order valence-corrected chi connectivity index (χ0v) is 28.3. The van der Waals surface area contributed by atoms with E-state index in [0.717, 1.165) is 31.2 Å². The molecule has 4 N–H and O–H groups in total. The lowest BCUT2D eigenvalue weighted by Gasteiger charge is -2.34. The van der Waals surface area contributed by atoms with Crippen LogP contribution in [0.5, 0.6) is 0 Å². The minimum absolute atomic E-state index is 0.335. The quantitative estimate of drug-likeness (QED) is 0.134. The van der Waals surface area contributed by atoms with Gasteiger partial charge >= 0.3 is 0 Å². The molecule has 7 rings (SSSR count). The van der Waals surface area contributed by atoms with Crippen LogP contribution in [0.3, 0.4) is 0 Å². The van der Waals surface area contributed by atoms with Gasteiger partial charge in [0.1, 0.15) is 11.6 Å². The number of benzene rings is 4. The molecule has 4 aromatic carbocycles. The normalized spacial score (nSPS) is 13.0. The molecule has 6 aromatic rings. The summed E-state index contributed by atoms with van der Waals surface area (Å²) in [5.41, 5.74) is 8.03. The van der Waals surface area contributed by atoms with Crippen molar-refractivity contribution >= 4 is 80.7 Å². The van der Waals surface area contributed by atoms with Gasteiger partial charge in [-0.05, 0) is 107 Å². The molecule has 0 saturated carbocycles. The second-order valence-corrected chi connectivity index (χ2v) is 13.4. The number of aromatic nitrogens is 6. The summed E-state index contributed by atoms with van der Waals surface area (Å²) in [4.78, 5) is 20.8. The lowest BCUT2D eigenvalue weighted by atomic mass is 9.67. The van der Waals surface area contributed by atoms with Gasteiger partial charge in [-0.3, -0.25) is 0 Å². The first-order valence-electron chi connectivity index (χ1n) is 13.0. The summed E-state index contributed by atoms with van der Waals surface area (Å²) in [5.74, 6) is 1.23. The Morgan fingerprint density at radius 2 is 0.907 bits per heavy atom. The lowest BCUT2D eigenvalue weighted by Crippen LogP contribution is -2.28. The molecule has 0 saturated heterocycles. The number of fused-ring (bicyclic) bond motifs is 3. The first-order chi connectivity index (χ1) is 20.7. The highest BCUT2D eigenvalue weighted by Gasteiger charge is 2.46. The van der Waals surface area contributed by atoms with Crippen LogP contribution in [0, 0.1) is 19.1 Å². The van der Waals surface area contributed by atoms with Gasteiger partial charge in [0.25, 0.3) is 0 Å². The smallest absolute Gasteiger partial charge is 0.200 e. The Morgan fingerprint density at radius 1 is 0.512 bits per heavy atom. The fraction of sp³-hybridized carbons (Fsp3) is 0.0323. The predicted octanol–water partition coefficient (Wildman–Crippen LogP) is 9.93. The van der Waals surface area contributed by atoms with Crippen molar-refractivity contribution in [2.75, 3.05) is 0 Å². The monoisotopic (exact) mass is 760 g/mol. The van der Waals surface area contributed by atoms with E-state index in [2.05, 4.69) is 147 Å². The van der Waals surface area contributed by atoms with Gasteiger partial charge in [-0.25, -0.2) is 9.97 Å². The molecule has 0 fully saturated rings. The van der Waals surface area contributed by atoms with E-state index in [1.54, 1.807) is 0 Å².